The fourth-order valence-corrected chi connectivity index (χ4v) is 4.22. The minimum atomic E-state index is -3.68. The predicted octanol–water partition coefficient (Wildman–Crippen LogP) is 2.46. The van der Waals surface area contributed by atoms with E-state index in [1.807, 2.05) is 0 Å². The normalized spacial score (nSPS) is 16.6. The predicted molar refractivity (Wildman–Crippen MR) is 90.4 cm³/mol. The quantitative estimate of drug-likeness (QED) is 0.826. The fraction of sp³-hybridized carbons (Fsp3) is 0.278. The van der Waals surface area contributed by atoms with E-state index in [4.69, 9.17) is 5.11 Å². The molecule has 0 heterocycles. The molecule has 0 fully saturated rings. The summed E-state index contributed by atoms with van der Waals surface area (Å²) in [6.45, 7) is 0.248. The molecule has 0 bridgehead atoms. The maximum Gasteiger partial charge on any atom is 0.307 e. The Kier molecular flexibility index (Phi) is 4.87. The summed E-state index contributed by atoms with van der Waals surface area (Å²) in [5, 5.41) is 8.74. The third-order valence-corrected chi connectivity index (χ3v) is 5.86. The van der Waals surface area contributed by atoms with Gasteiger partial charge in [0.15, 0.2) is 0 Å². The fourth-order valence-electron chi connectivity index (χ4n) is 3.14. The highest BCUT2D eigenvalue weighted by Crippen LogP contribution is 2.33. The van der Waals surface area contributed by atoms with E-state index in [0.717, 1.165) is 24.0 Å². The smallest absolute Gasteiger partial charge is 0.307 e. The van der Waals surface area contributed by atoms with Gasteiger partial charge in [-0.3, -0.25) is 4.79 Å². The second kappa shape index (κ2) is 6.93. The molecular formula is C18H18FNO4S. The first-order chi connectivity index (χ1) is 11.8. The SMILES string of the molecule is O=C(O)Cc1ccc(S(=O)(=O)NCC2CCc3cc(F)ccc32)cc1. The number of hydrogen-bond donors (Lipinski definition) is 2. The summed E-state index contributed by atoms with van der Waals surface area (Å²) >= 11 is 0. The molecule has 2 aromatic rings. The number of halogens is 1. The molecule has 132 valence electrons. The number of aryl methyl sites for hydroxylation is 1. The van der Waals surface area contributed by atoms with Crippen molar-refractivity contribution in [2.24, 2.45) is 0 Å². The first-order valence-electron chi connectivity index (χ1n) is 7.94. The largest absolute Gasteiger partial charge is 0.481 e. The Bertz CT molecular complexity index is 894. The topological polar surface area (TPSA) is 83.5 Å². The molecule has 0 spiro atoms. The summed E-state index contributed by atoms with van der Waals surface area (Å²) in [7, 11) is -3.68. The van der Waals surface area contributed by atoms with E-state index in [1.54, 1.807) is 6.07 Å². The summed E-state index contributed by atoms with van der Waals surface area (Å²) < 4.78 is 40.6. The maximum atomic E-state index is 13.2. The van der Waals surface area contributed by atoms with Crippen LogP contribution < -0.4 is 4.72 Å². The van der Waals surface area contributed by atoms with E-state index in [-0.39, 0.29) is 29.6 Å². The Morgan fingerprint density at radius 2 is 1.92 bits per heavy atom. The maximum absolute atomic E-state index is 13.2. The van der Waals surface area contributed by atoms with Gasteiger partial charge in [-0.15, -0.1) is 0 Å². The molecule has 0 amide bonds. The van der Waals surface area contributed by atoms with Crippen LogP contribution in [-0.4, -0.2) is 26.0 Å². The Hall–Kier alpha value is -2.25. The molecule has 2 N–H and O–H groups in total. The van der Waals surface area contributed by atoms with Gasteiger partial charge < -0.3 is 5.11 Å². The third-order valence-electron chi connectivity index (χ3n) is 4.42. The van der Waals surface area contributed by atoms with Gasteiger partial charge in [0.25, 0.3) is 0 Å². The van der Waals surface area contributed by atoms with E-state index >= 15 is 0 Å². The summed E-state index contributed by atoms with van der Waals surface area (Å²) in [6.07, 6.45) is 1.37. The molecule has 0 aromatic heterocycles. The molecule has 3 rings (SSSR count). The minimum absolute atomic E-state index is 0.0247. The van der Waals surface area contributed by atoms with Crippen LogP contribution >= 0.6 is 0 Å². The zero-order chi connectivity index (χ0) is 18.0. The monoisotopic (exact) mass is 363 g/mol. The van der Waals surface area contributed by atoms with Gasteiger partial charge in [-0.2, -0.15) is 0 Å². The van der Waals surface area contributed by atoms with Crippen molar-refractivity contribution >= 4 is 16.0 Å². The number of benzene rings is 2. The first-order valence-corrected chi connectivity index (χ1v) is 9.42. The van der Waals surface area contributed by atoms with E-state index in [0.29, 0.717) is 5.56 Å². The molecule has 1 atom stereocenters. The lowest BCUT2D eigenvalue weighted by Crippen LogP contribution is -2.28. The van der Waals surface area contributed by atoms with E-state index < -0.39 is 16.0 Å². The van der Waals surface area contributed by atoms with Crippen LogP contribution in [0.2, 0.25) is 0 Å². The number of aliphatic carboxylic acids is 1. The number of rotatable bonds is 6. The van der Waals surface area contributed by atoms with Gasteiger partial charge in [-0.05, 0) is 59.7 Å². The van der Waals surface area contributed by atoms with Crippen LogP contribution in [-0.2, 0) is 27.7 Å². The molecule has 0 aliphatic heterocycles. The van der Waals surface area contributed by atoms with Crippen LogP contribution in [0.15, 0.2) is 47.4 Å². The number of carbonyl (C=O) groups is 1. The molecule has 7 heteroatoms. The molecule has 25 heavy (non-hydrogen) atoms. The van der Waals surface area contributed by atoms with Crippen molar-refractivity contribution < 1.29 is 22.7 Å². The van der Waals surface area contributed by atoms with Crippen molar-refractivity contribution in [3.63, 3.8) is 0 Å². The zero-order valence-corrected chi connectivity index (χ0v) is 14.2. The minimum Gasteiger partial charge on any atom is -0.481 e. The lowest BCUT2D eigenvalue weighted by Gasteiger charge is -2.13. The van der Waals surface area contributed by atoms with Crippen LogP contribution in [0, 0.1) is 5.82 Å². The second-order valence-corrected chi connectivity index (χ2v) is 7.91. The number of carboxylic acid groups (broad SMARTS) is 1. The van der Waals surface area contributed by atoms with Gasteiger partial charge in [0.1, 0.15) is 5.82 Å². The standard InChI is InChI=1S/C18H18FNO4S/c19-15-5-8-17-13(10-15)3-4-14(17)11-20-25(23,24)16-6-1-12(2-7-16)9-18(21)22/h1-2,5-8,10,14,20H,3-4,9,11H2,(H,21,22). The molecule has 5 nitrogen and oxygen atoms in total. The van der Waals surface area contributed by atoms with Gasteiger partial charge in [-0.1, -0.05) is 18.2 Å². The molecule has 2 aromatic carbocycles. The van der Waals surface area contributed by atoms with Crippen molar-refractivity contribution in [2.75, 3.05) is 6.54 Å². The van der Waals surface area contributed by atoms with Gasteiger partial charge in [0.2, 0.25) is 10.0 Å². The first kappa shape index (κ1) is 17.6. The van der Waals surface area contributed by atoms with E-state index in [9.17, 15) is 17.6 Å². The van der Waals surface area contributed by atoms with Crippen molar-refractivity contribution in [1.29, 1.82) is 0 Å². The van der Waals surface area contributed by atoms with Crippen LogP contribution in [0.5, 0.6) is 0 Å². The molecule has 1 aliphatic carbocycles. The highest BCUT2D eigenvalue weighted by Gasteiger charge is 2.25. The lowest BCUT2D eigenvalue weighted by molar-refractivity contribution is -0.136. The lowest BCUT2D eigenvalue weighted by atomic mass is 10.0. The Balaban J connectivity index is 1.68. The average molecular weight is 363 g/mol. The van der Waals surface area contributed by atoms with E-state index in [2.05, 4.69) is 4.72 Å². The van der Waals surface area contributed by atoms with Gasteiger partial charge in [0.05, 0.1) is 11.3 Å². The van der Waals surface area contributed by atoms with Crippen molar-refractivity contribution in [3.05, 3.63) is 65.0 Å². The van der Waals surface area contributed by atoms with Crippen molar-refractivity contribution in [3.8, 4) is 0 Å². The Labute approximate surface area is 145 Å². The summed E-state index contributed by atoms with van der Waals surface area (Å²) in [6, 6.07) is 10.4. The molecule has 0 radical (unpaired) electrons. The molecule has 0 saturated carbocycles. The highest BCUT2D eigenvalue weighted by atomic mass is 32.2. The molecule has 0 saturated heterocycles. The van der Waals surface area contributed by atoms with Gasteiger partial charge in [0, 0.05) is 6.54 Å². The van der Waals surface area contributed by atoms with Gasteiger partial charge in [-0.25, -0.2) is 17.5 Å². The highest BCUT2D eigenvalue weighted by molar-refractivity contribution is 7.89. The number of hydrogen-bond acceptors (Lipinski definition) is 3. The summed E-state index contributed by atoms with van der Waals surface area (Å²) in [5.41, 5.74) is 2.46. The summed E-state index contributed by atoms with van der Waals surface area (Å²) in [4.78, 5) is 10.8. The van der Waals surface area contributed by atoms with Crippen LogP contribution in [0.4, 0.5) is 4.39 Å². The molecule has 1 unspecified atom stereocenters. The van der Waals surface area contributed by atoms with Crippen LogP contribution in [0.25, 0.3) is 0 Å². The van der Waals surface area contributed by atoms with Crippen molar-refractivity contribution in [1.82, 2.24) is 4.72 Å². The van der Waals surface area contributed by atoms with Gasteiger partial charge >= 0.3 is 5.97 Å². The number of carboxylic acids is 1. The van der Waals surface area contributed by atoms with Crippen LogP contribution in [0.1, 0.15) is 29.0 Å². The Morgan fingerprint density at radius 1 is 1.20 bits per heavy atom. The molecule has 1 aliphatic rings. The van der Waals surface area contributed by atoms with Crippen molar-refractivity contribution in [2.45, 2.75) is 30.1 Å². The average Bonchev–Trinajstić information content (AvgIpc) is 2.95. The second-order valence-electron chi connectivity index (χ2n) is 6.15. The third kappa shape index (κ3) is 4.05. The summed E-state index contributed by atoms with van der Waals surface area (Å²) in [5.74, 6) is -1.22. The molecular weight excluding hydrogens is 345 g/mol. The van der Waals surface area contributed by atoms with Crippen LogP contribution in [0.3, 0.4) is 0 Å². The Morgan fingerprint density at radius 3 is 2.60 bits per heavy atom. The number of fused-ring (bicyclic) bond motifs is 1. The number of nitrogens with one attached hydrogen (secondary N) is 1. The van der Waals surface area contributed by atoms with E-state index in [1.165, 1.54) is 36.4 Å². The zero-order valence-electron chi connectivity index (χ0n) is 13.4. The number of sulfonamides is 1.